The first-order valence-electron chi connectivity index (χ1n) is 5.41. The smallest absolute Gasteiger partial charge is 0.298 e. The van der Waals surface area contributed by atoms with Gasteiger partial charge in [-0.05, 0) is 18.2 Å². The van der Waals surface area contributed by atoms with Crippen LogP contribution in [0.5, 0.6) is 0 Å². The molecule has 5 heteroatoms. The van der Waals surface area contributed by atoms with Crippen LogP contribution in [0.15, 0.2) is 24.3 Å². The zero-order valence-electron chi connectivity index (χ0n) is 9.60. The van der Waals surface area contributed by atoms with Gasteiger partial charge in [-0.25, -0.2) is 0 Å². The van der Waals surface area contributed by atoms with E-state index in [1.54, 1.807) is 6.07 Å². The Bertz CT molecular complexity index is 352. The van der Waals surface area contributed by atoms with E-state index in [2.05, 4.69) is 0 Å². The summed E-state index contributed by atoms with van der Waals surface area (Å²) in [6.07, 6.45) is -4.28. The summed E-state index contributed by atoms with van der Waals surface area (Å²) in [5, 5.41) is 0. The molecule has 1 aromatic carbocycles. The molecule has 0 bridgehead atoms. The maximum atomic E-state index is 12.5. The Morgan fingerprint density at radius 1 is 1.29 bits per heavy atom. The molecule has 0 N–H and O–H groups in total. The van der Waals surface area contributed by atoms with Crippen LogP contribution in [0.25, 0.3) is 0 Å². The molecule has 1 rings (SSSR count). The largest absolute Gasteiger partial charge is 0.416 e. The first-order chi connectivity index (χ1) is 7.97. The summed E-state index contributed by atoms with van der Waals surface area (Å²) in [6, 6.07) is 5.41. The van der Waals surface area contributed by atoms with E-state index < -0.39 is 11.7 Å². The van der Waals surface area contributed by atoms with E-state index in [1.165, 1.54) is 12.1 Å². The topological polar surface area (TPSA) is 3.24 Å². The van der Waals surface area contributed by atoms with Gasteiger partial charge in [-0.1, -0.05) is 25.1 Å². The van der Waals surface area contributed by atoms with Crippen LogP contribution < -0.4 is 0 Å². The lowest BCUT2D eigenvalue weighted by atomic mass is 10.1. The minimum atomic E-state index is -4.28. The second-order valence-corrected chi connectivity index (χ2v) is 4.13. The van der Waals surface area contributed by atoms with E-state index in [9.17, 15) is 13.2 Å². The van der Waals surface area contributed by atoms with E-state index in [-0.39, 0.29) is 0 Å². The molecule has 0 amide bonds. The molecule has 17 heavy (non-hydrogen) atoms. The summed E-state index contributed by atoms with van der Waals surface area (Å²) in [4.78, 5) is 2.00. The highest BCUT2D eigenvalue weighted by Crippen LogP contribution is 2.29. The van der Waals surface area contributed by atoms with Gasteiger partial charge in [-0.15, -0.1) is 11.6 Å². The molecule has 0 aromatic heterocycles. The Labute approximate surface area is 104 Å². The quantitative estimate of drug-likeness (QED) is 0.733. The van der Waals surface area contributed by atoms with Crippen LogP contribution >= 0.6 is 11.6 Å². The molecule has 0 radical (unpaired) electrons. The predicted octanol–water partition coefficient (Wildman–Crippen LogP) is 3.77. The molecule has 0 saturated carbocycles. The summed E-state index contributed by atoms with van der Waals surface area (Å²) < 4.78 is 37.5. The van der Waals surface area contributed by atoms with Crippen molar-refractivity contribution in [3.63, 3.8) is 0 Å². The zero-order valence-corrected chi connectivity index (χ0v) is 10.4. The summed E-state index contributed by atoms with van der Waals surface area (Å²) in [6.45, 7) is 3.89. The van der Waals surface area contributed by atoms with Crippen molar-refractivity contribution in [1.82, 2.24) is 4.90 Å². The molecule has 0 unspecified atom stereocenters. The van der Waals surface area contributed by atoms with Crippen LogP contribution in [0.1, 0.15) is 18.1 Å². The minimum absolute atomic E-state index is 0.479. The standard InChI is InChI=1S/C12H15ClF3N/c1-2-17(7-6-13)9-10-4-3-5-11(8-10)12(14,15)16/h3-5,8H,2,6-7,9H2,1H3. The highest BCUT2D eigenvalue weighted by molar-refractivity contribution is 6.18. The van der Waals surface area contributed by atoms with Gasteiger partial charge in [-0.2, -0.15) is 13.2 Å². The lowest BCUT2D eigenvalue weighted by Gasteiger charge is -2.19. The number of nitrogens with zero attached hydrogens (tertiary/aromatic N) is 1. The van der Waals surface area contributed by atoms with E-state index in [0.717, 1.165) is 12.6 Å². The summed E-state index contributed by atoms with van der Waals surface area (Å²) in [5.74, 6) is 0.479. The van der Waals surface area contributed by atoms with Crippen LogP contribution in [0.3, 0.4) is 0 Å². The van der Waals surface area contributed by atoms with Crippen LogP contribution in [-0.2, 0) is 12.7 Å². The van der Waals surface area contributed by atoms with Gasteiger partial charge in [0.15, 0.2) is 0 Å². The Morgan fingerprint density at radius 2 is 2.00 bits per heavy atom. The number of alkyl halides is 4. The molecule has 96 valence electrons. The molecule has 0 fully saturated rings. The van der Waals surface area contributed by atoms with Crippen LogP contribution in [0.2, 0.25) is 0 Å². The van der Waals surface area contributed by atoms with Gasteiger partial charge in [0.05, 0.1) is 5.56 Å². The van der Waals surface area contributed by atoms with E-state index >= 15 is 0 Å². The monoisotopic (exact) mass is 265 g/mol. The Balaban J connectivity index is 2.78. The third kappa shape index (κ3) is 4.56. The van der Waals surface area contributed by atoms with E-state index in [4.69, 9.17) is 11.6 Å². The van der Waals surface area contributed by atoms with Crippen molar-refractivity contribution in [1.29, 1.82) is 0 Å². The second kappa shape index (κ2) is 6.26. The third-order valence-corrected chi connectivity index (χ3v) is 2.68. The van der Waals surface area contributed by atoms with Crippen molar-refractivity contribution in [2.45, 2.75) is 19.6 Å². The fourth-order valence-corrected chi connectivity index (χ4v) is 1.81. The summed E-state index contributed by atoms with van der Waals surface area (Å²) in [5.41, 5.74) is 0.0590. The second-order valence-electron chi connectivity index (χ2n) is 3.76. The first kappa shape index (κ1) is 14.3. The fourth-order valence-electron chi connectivity index (χ4n) is 1.57. The third-order valence-electron chi connectivity index (χ3n) is 2.51. The van der Waals surface area contributed by atoms with Gasteiger partial charge < -0.3 is 0 Å². The molecule has 1 aromatic rings. The van der Waals surface area contributed by atoms with Crippen LogP contribution in [0, 0.1) is 0 Å². The molecular weight excluding hydrogens is 251 g/mol. The number of halogens is 4. The Morgan fingerprint density at radius 3 is 2.53 bits per heavy atom. The molecule has 1 nitrogen and oxygen atoms in total. The van der Waals surface area contributed by atoms with Crippen molar-refractivity contribution in [2.24, 2.45) is 0 Å². The number of hydrogen-bond acceptors (Lipinski definition) is 1. The lowest BCUT2D eigenvalue weighted by molar-refractivity contribution is -0.137. The minimum Gasteiger partial charge on any atom is -0.298 e. The average molecular weight is 266 g/mol. The number of rotatable bonds is 5. The molecule has 0 spiro atoms. The Hall–Kier alpha value is -0.740. The van der Waals surface area contributed by atoms with Crippen molar-refractivity contribution in [2.75, 3.05) is 19.0 Å². The molecule has 0 aliphatic carbocycles. The summed E-state index contributed by atoms with van der Waals surface area (Å²) >= 11 is 5.62. The normalized spacial score (nSPS) is 12.1. The van der Waals surface area contributed by atoms with Gasteiger partial charge in [0.25, 0.3) is 0 Å². The molecular formula is C12H15ClF3N. The highest BCUT2D eigenvalue weighted by Gasteiger charge is 2.30. The molecule has 0 aliphatic rings. The SMILES string of the molecule is CCN(CCCl)Cc1cccc(C(F)(F)F)c1. The maximum Gasteiger partial charge on any atom is 0.416 e. The van der Waals surface area contributed by atoms with Crippen LogP contribution in [0.4, 0.5) is 13.2 Å². The predicted molar refractivity (Wildman–Crippen MR) is 63.1 cm³/mol. The van der Waals surface area contributed by atoms with Crippen molar-refractivity contribution >= 4 is 11.6 Å². The van der Waals surface area contributed by atoms with Gasteiger partial charge in [0.2, 0.25) is 0 Å². The lowest BCUT2D eigenvalue weighted by Crippen LogP contribution is -2.25. The summed E-state index contributed by atoms with van der Waals surface area (Å²) in [7, 11) is 0. The Kier molecular flexibility index (Phi) is 5.28. The maximum absolute atomic E-state index is 12.5. The zero-order chi connectivity index (χ0) is 12.9. The van der Waals surface area contributed by atoms with Gasteiger partial charge in [0.1, 0.15) is 0 Å². The molecule has 0 saturated heterocycles. The van der Waals surface area contributed by atoms with Crippen molar-refractivity contribution in [3.8, 4) is 0 Å². The van der Waals surface area contributed by atoms with E-state index in [0.29, 0.717) is 24.5 Å². The van der Waals surface area contributed by atoms with E-state index in [1.807, 2.05) is 11.8 Å². The van der Waals surface area contributed by atoms with Crippen molar-refractivity contribution in [3.05, 3.63) is 35.4 Å². The molecule has 0 aliphatic heterocycles. The van der Waals surface area contributed by atoms with Gasteiger partial charge >= 0.3 is 6.18 Å². The average Bonchev–Trinajstić information content (AvgIpc) is 2.28. The molecule has 0 heterocycles. The van der Waals surface area contributed by atoms with Crippen molar-refractivity contribution < 1.29 is 13.2 Å². The van der Waals surface area contributed by atoms with Gasteiger partial charge in [0, 0.05) is 19.0 Å². The highest BCUT2D eigenvalue weighted by atomic mass is 35.5. The fraction of sp³-hybridized carbons (Fsp3) is 0.500. The van der Waals surface area contributed by atoms with Crippen LogP contribution in [-0.4, -0.2) is 23.9 Å². The first-order valence-corrected chi connectivity index (χ1v) is 5.95. The number of hydrogen-bond donors (Lipinski definition) is 0. The number of benzene rings is 1. The van der Waals surface area contributed by atoms with Gasteiger partial charge in [-0.3, -0.25) is 4.90 Å². The molecule has 0 atom stereocenters.